The minimum absolute atomic E-state index is 0.0435. The summed E-state index contributed by atoms with van der Waals surface area (Å²) in [4.78, 5) is 39.7. The van der Waals surface area contributed by atoms with Crippen molar-refractivity contribution in [2.45, 2.75) is 31.9 Å². The van der Waals surface area contributed by atoms with Crippen molar-refractivity contribution in [2.75, 3.05) is 26.8 Å². The maximum absolute atomic E-state index is 12.3. The minimum Gasteiger partial charge on any atom is -0.386 e. The van der Waals surface area contributed by atoms with Gasteiger partial charge in [0, 0.05) is 32.7 Å². The van der Waals surface area contributed by atoms with Gasteiger partial charge in [-0.05, 0) is 6.92 Å². The van der Waals surface area contributed by atoms with E-state index in [9.17, 15) is 9.59 Å². The van der Waals surface area contributed by atoms with Crippen LogP contribution in [0.25, 0.3) is 0 Å². The first-order chi connectivity index (χ1) is 12.0. The van der Waals surface area contributed by atoms with Crippen LogP contribution in [-0.4, -0.2) is 64.8 Å². The fourth-order valence-electron chi connectivity index (χ4n) is 2.92. The van der Waals surface area contributed by atoms with Crippen LogP contribution in [0.2, 0.25) is 0 Å². The second-order valence-electron chi connectivity index (χ2n) is 6.32. The number of likely N-dealkylation sites (tertiary alicyclic amines) is 1. The van der Waals surface area contributed by atoms with Gasteiger partial charge < -0.3 is 19.8 Å². The number of methoxy groups -OCH3 is 1. The molecule has 25 heavy (non-hydrogen) atoms. The zero-order valence-electron chi connectivity index (χ0n) is 14.3. The Labute approximate surface area is 145 Å². The van der Waals surface area contributed by atoms with Crippen LogP contribution in [0.15, 0.2) is 17.5 Å². The summed E-state index contributed by atoms with van der Waals surface area (Å²) in [5.41, 5.74) is 1.23. The summed E-state index contributed by atoms with van der Waals surface area (Å²) in [6.45, 7) is 3.16. The molecular formula is C16H21N5O4. The highest BCUT2D eigenvalue weighted by Gasteiger charge is 2.47. The summed E-state index contributed by atoms with van der Waals surface area (Å²) >= 11 is 0. The summed E-state index contributed by atoms with van der Waals surface area (Å²) in [6.07, 6.45) is 4.30. The minimum atomic E-state index is -0.597. The lowest BCUT2D eigenvalue weighted by molar-refractivity contribution is -0.135. The Balaban J connectivity index is 1.51. The molecule has 9 heteroatoms. The monoisotopic (exact) mass is 347 g/mol. The molecule has 0 aliphatic carbocycles. The summed E-state index contributed by atoms with van der Waals surface area (Å²) in [5, 5.41) is 6.70. The van der Waals surface area contributed by atoms with Crippen LogP contribution in [0.4, 0.5) is 0 Å². The fourth-order valence-corrected chi connectivity index (χ4v) is 2.92. The average molecular weight is 347 g/mol. The van der Waals surface area contributed by atoms with E-state index in [1.807, 2.05) is 6.92 Å². The average Bonchev–Trinajstić information content (AvgIpc) is 3.22. The number of nitrogens with zero attached hydrogens (tertiary/aromatic N) is 4. The van der Waals surface area contributed by atoms with Crippen LogP contribution in [0.3, 0.4) is 0 Å². The number of aryl methyl sites for hydroxylation is 1. The molecule has 134 valence electrons. The normalized spacial score (nSPS) is 22.0. The molecule has 3 rings (SSSR count). The van der Waals surface area contributed by atoms with Gasteiger partial charge in [-0.3, -0.25) is 19.6 Å². The smallest absolute Gasteiger partial charge is 0.269 e. The van der Waals surface area contributed by atoms with Crippen molar-refractivity contribution in [2.24, 2.45) is 5.16 Å². The van der Waals surface area contributed by atoms with E-state index in [4.69, 9.17) is 9.57 Å². The number of aromatic nitrogens is 2. The van der Waals surface area contributed by atoms with Gasteiger partial charge in [0.05, 0.1) is 30.7 Å². The van der Waals surface area contributed by atoms with Crippen molar-refractivity contribution in [1.29, 1.82) is 0 Å². The van der Waals surface area contributed by atoms with Crippen LogP contribution >= 0.6 is 0 Å². The fraction of sp³-hybridized carbons (Fsp3) is 0.562. The molecule has 3 heterocycles. The molecule has 1 saturated heterocycles. The molecule has 1 fully saturated rings. The lowest BCUT2D eigenvalue weighted by Gasteiger charge is -2.21. The largest absolute Gasteiger partial charge is 0.386 e. The Morgan fingerprint density at radius 1 is 1.40 bits per heavy atom. The first kappa shape index (κ1) is 17.3. The van der Waals surface area contributed by atoms with Crippen LogP contribution in [0.5, 0.6) is 0 Å². The second kappa shape index (κ2) is 7.14. The molecule has 1 N–H and O–H groups in total. The van der Waals surface area contributed by atoms with E-state index in [1.54, 1.807) is 17.3 Å². The van der Waals surface area contributed by atoms with Crippen LogP contribution in [-0.2, 0) is 25.7 Å². The molecule has 1 unspecified atom stereocenters. The number of ether oxygens (including phenoxy) is 1. The van der Waals surface area contributed by atoms with Gasteiger partial charge in [0.25, 0.3) is 5.91 Å². The number of rotatable bonds is 5. The number of oxime groups is 1. The Kier molecular flexibility index (Phi) is 4.93. The Morgan fingerprint density at radius 2 is 2.24 bits per heavy atom. The maximum Gasteiger partial charge on any atom is 0.269 e. The first-order valence-electron chi connectivity index (χ1n) is 8.09. The van der Waals surface area contributed by atoms with Gasteiger partial charge in [-0.25, -0.2) is 0 Å². The first-order valence-corrected chi connectivity index (χ1v) is 8.09. The lowest BCUT2D eigenvalue weighted by atomic mass is 9.96. The van der Waals surface area contributed by atoms with Crippen molar-refractivity contribution in [3.05, 3.63) is 23.8 Å². The van der Waals surface area contributed by atoms with E-state index in [0.29, 0.717) is 37.3 Å². The van der Waals surface area contributed by atoms with E-state index in [0.717, 1.165) is 5.69 Å². The van der Waals surface area contributed by atoms with Gasteiger partial charge in [0.2, 0.25) is 5.91 Å². The van der Waals surface area contributed by atoms with Crippen molar-refractivity contribution in [3.63, 3.8) is 0 Å². The molecule has 1 atom stereocenters. The lowest BCUT2D eigenvalue weighted by Crippen LogP contribution is -2.39. The van der Waals surface area contributed by atoms with Crippen molar-refractivity contribution < 1.29 is 19.2 Å². The van der Waals surface area contributed by atoms with E-state index < -0.39 is 5.60 Å². The van der Waals surface area contributed by atoms with E-state index in [2.05, 4.69) is 20.4 Å². The standard InChI is InChI=1S/C16H21N5O4/c1-11-6-18-12(7-17-11)8-19-15(23)13-5-16(25-20-13)3-4-21(10-16)14(22)9-24-2/h6-7H,3-5,8-10H2,1-2H3,(H,19,23). The quantitative estimate of drug-likeness (QED) is 0.790. The third kappa shape index (κ3) is 3.93. The van der Waals surface area contributed by atoms with Crippen molar-refractivity contribution in [1.82, 2.24) is 20.2 Å². The summed E-state index contributed by atoms with van der Waals surface area (Å²) in [6, 6.07) is 0. The zero-order valence-corrected chi connectivity index (χ0v) is 14.3. The maximum atomic E-state index is 12.3. The summed E-state index contributed by atoms with van der Waals surface area (Å²) < 4.78 is 4.87. The molecule has 1 spiro atoms. The highest BCUT2D eigenvalue weighted by Crippen LogP contribution is 2.33. The molecule has 0 saturated carbocycles. The van der Waals surface area contributed by atoms with E-state index in [-0.39, 0.29) is 25.0 Å². The third-order valence-corrected chi connectivity index (χ3v) is 4.30. The van der Waals surface area contributed by atoms with E-state index in [1.165, 1.54) is 7.11 Å². The molecule has 2 aliphatic rings. The van der Waals surface area contributed by atoms with Crippen LogP contribution < -0.4 is 5.32 Å². The van der Waals surface area contributed by atoms with Gasteiger partial charge in [0.15, 0.2) is 5.60 Å². The molecular weight excluding hydrogens is 326 g/mol. The van der Waals surface area contributed by atoms with Crippen molar-refractivity contribution in [3.8, 4) is 0 Å². The topological polar surface area (TPSA) is 106 Å². The predicted molar refractivity (Wildman–Crippen MR) is 87.6 cm³/mol. The molecule has 1 aromatic rings. The Morgan fingerprint density at radius 3 is 2.96 bits per heavy atom. The Bertz CT molecular complexity index is 690. The summed E-state index contributed by atoms with van der Waals surface area (Å²) in [7, 11) is 1.49. The van der Waals surface area contributed by atoms with Gasteiger partial charge in [-0.2, -0.15) is 0 Å². The SMILES string of the molecule is COCC(=O)N1CCC2(CC(C(=O)NCc3cnc(C)cn3)=NO2)C1. The highest BCUT2D eigenvalue weighted by atomic mass is 16.7. The Hall–Kier alpha value is -2.55. The number of hydrogen-bond donors (Lipinski definition) is 1. The van der Waals surface area contributed by atoms with Gasteiger partial charge >= 0.3 is 0 Å². The number of carbonyl (C=O) groups excluding carboxylic acids is 2. The molecule has 1 aromatic heterocycles. The predicted octanol–water partition coefficient (Wildman–Crippen LogP) is -0.205. The molecule has 2 amide bonds. The second-order valence-corrected chi connectivity index (χ2v) is 6.32. The molecule has 9 nitrogen and oxygen atoms in total. The van der Waals surface area contributed by atoms with Crippen molar-refractivity contribution >= 4 is 17.5 Å². The highest BCUT2D eigenvalue weighted by molar-refractivity contribution is 6.39. The number of amides is 2. The molecule has 2 aliphatic heterocycles. The van der Waals surface area contributed by atoms with Gasteiger partial charge in [0.1, 0.15) is 12.3 Å². The number of hydrogen-bond acceptors (Lipinski definition) is 7. The summed E-state index contributed by atoms with van der Waals surface area (Å²) in [5.74, 6) is -0.375. The van der Waals surface area contributed by atoms with E-state index >= 15 is 0 Å². The number of carbonyl (C=O) groups is 2. The molecule has 0 radical (unpaired) electrons. The molecule has 0 bridgehead atoms. The van der Waals surface area contributed by atoms with Crippen LogP contribution in [0, 0.1) is 6.92 Å². The van der Waals surface area contributed by atoms with Gasteiger partial charge in [-0.1, -0.05) is 5.16 Å². The molecule has 0 aromatic carbocycles. The third-order valence-electron chi connectivity index (χ3n) is 4.30. The van der Waals surface area contributed by atoms with Crippen LogP contribution in [0.1, 0.15) is 24.2 Å². The number of nitrogens with one attached hydrogen (secondary N) is 1. The van der Waals surface area contributed by atoms with Gasteiger partial charge in [-0.15, -0.1) is 0 Å². The zero-order chi connectivity index (χ0) is 17.9.